The number of rotatable bonds is 4. The lowest BCUT2D eigenvalue weighted by Gasteiger charge is -2.11. The zero-order valence-electron chi connectivity index (χ0n) is 9.77. The standard InChI is InChI=1S/C13H17N3/c1-4-7-11(14-2)13-10-8-5-6-9-12(10)16(3)15-13/h4-6,8-9,11,14H,1,7H2,2-3H3. The first-order valence-electron chi connectivity index (χ1n) is 5.47. The minimum absolute atomic E-state index is 0.239. The largest absolute Gasteiger partial charge is 0.311 e. The maximum absolute atomic E-state index is 4.59. The van der Waals surface area contributed by atoms with Crippen molar-refractivity contribution in [3.63, 3.8) is 0 Å². The minimum atomic E-state index is 0.239. The highest BCUT2D eigenvalue weighted by Crippen LogP contribution is 2.24. The van der Waals surface area contributed by atoms with E-state index in [1.807, 2.05) is 37.0 Å². The number of fused-ring (bicyclic) bond motifs is 1. The second kappa shape index (κ2) is 4.49. The van der Waals surface area contributed by atoms with Crippen molar-refractivity contribution in [2.75, 3.05) is 7.05 Å². The lowest BCUT2D eigenvalue weighted by atomic mass is 10.1. The summed E-state index contributed by atoms with van der Waals surface area (Å²) in [6.45, 7) is 3.79. The summed E-state index contributed by atoms with van der Waals surface area (Å²) >= 11 is 0. The molecular formula is C13H17N3. The Bertz CT molecular complexity index is 499. The van der Waals surface area contributed by atoms with Gasteiger partial charge in [-0.25, -0.2) is 0 Å². The van der Waals surface area contributed by atoms with E-state index in [1.165, 1.54) is 10.9 Å². The van der Waals surface area contributed by atoms with Crippen molar-refractivity contribution in [2.24, 2.45) is 7.05 Å². The summed E-state index contributed by atoms with van der Waals surface area (Å²) in [5, 5.41) is 9.08. The summed E-state index contributed by atoms with van der Waals surface area (Å²) in [6, 6.07) is 8.53. The third-order valence-corrected chi connectivity index (χ3v) is 2.87. The molecule has 2 aromatic rings. The molecule has 0 amide bonds. The Balaban J connectivity index is 2.55. The van der Waals surface area contributed by atoms with Crippen LogP contribution in [0.15, 0.2) is 36.9 Å². The van der Waals surface area contributed by atoms with Crippen LogP contribution >= 0.6 is 0 Å². The van der Waals surface area contributed by atoms with Crippen molar-refractivity contribution >= 4 is 10.9 Å². The number of aromatic nitrogens is 2. The Morgan fingerprint density at radius 3 is 2.94 bits per heavy atom. The first-order chi connectivity index (χ1) is 7.77. The first kappa shape index (κ1) is 10.9. The fourth-order valence-corrected chi connectivity index (χ4v) is 2.03. The quantitative estimate of drug-likeness (QED) is 0.794. The number of nitrogens with one attached hydrogen (secondary N) is 1. The van der Waals surface area contributed by atoms with E-state index in [0.717, 1.165) is 12.1 Å². The van der Waals surface area contributed by atoms with Crippen LogP contribution in [-0.4, -0.2) is 16.8 Å². The Hall–Kier alpha value is -1.61. The van der Waals surface area contributed by atoms with Crippen LogP contribution < -0.4 is 5.32 Å². The van der Waals surface area contributed by atoms with Gasteiger partial charge in [-0.2, -0.15) is 5.10 Å². The number of hydrogen-bond donors (Lipinski definition) is 1. The van der Waals surface area contributed by atoms with Crippen LogP contribution in [0.3, 0.4) is 0 Å². The zero-order valence-corrected chi connectivity index (χ0v) is 9.77. The van der Waals surface area contributed by atoms with Crippen molar-refractivity contribution in [1.82, 2.24) is 15.1 Å². The molecule has 1 atom stereocenters. The van der Waals surface area contributed by atoms with Gasteiger partial charge < -0.3 is 5.32 Å². The topological polar surface area (TPSA) is 29.9 Å². The van der Waals surface area contributed by atoms with E-state index in [2.05, 4.69) is 29.1 Å². The van der Waals surface area contributed by atoms with Crippen molar-refractivity contribution in [3.05, 3.63) is 42.6 Å². The van der Waals surface area contributed by atoms with E-state index < -0.39 is 0 Å². The lowest BCUT2D eigenvalue weighted by Crippen LogP contribution is -2.16. The molecule has 3 nitrogen and oxygen atoms in total. The molecule has 1 unspecified atom stereocenters. The molecule has 84 valence electrons. The van der Waals surface area contributed by atoms with E-state index in [9.17, 15) is 0 Å². The average Bonchev–Trinajstić information content (AvgIpc) is 2.65. The van der Waals surface area contributed by atoms with Crippen molar-refractivity contribution in [2.45, 2.75) is 12.5 Å². The maximum atomic E-state index is 4.59. The van der Waals surface area contributed by atoms with E-state index in [1.54, 1.807) is 0 Å². The van der Waals surface area contributed by atoms with Crippen LogP contribution in [0, 0.1) is 0 Å². The zero-order chi connectivity index (χ0) is 11.5. The first-order valence-corrected chi connectivity index (χ1v) is 5.47. The van der Waals surface area contributed by atoms with Crippen LogP contribution in [0.1, 0.15) is 18.2 Å². The molecule has 0 aliphatic carbocycles. The van der Waals surface area contributed by atoms with Gasteiger partial charge in [0, 0.05) is 12.4 Å². The Labute approximate surface area is 95.8 Å². The third-order valence-electron chi connectivity index (χ3n) is 2.87. The summed E-state index contributed by atoms with van der Waals surface area (Å²) < 4.78 is 1.93. The molecule has 1 N–H and O–H groups in total. The van der Waals surface area contributed by atoms with Crippen LogP contribution in [0.4, 0.5) is 0 Å². The second-order valence-electron chi connectivity index (χ2n) is 3.89. The Morgan fingerprint density at radius 1 is 1.50 bits per heavy atom. The van der Waals surface area contributed by atoms with Gasteiger partial charge in [0.1, 0.15) is 0 Å². The van der Waals surface area contributed by atoms with Crippen LogP contribution in [0.5, 0.6) is 0 Å². The number of aryl methyl sites for hydroxylation is 1. The number of hydrogen-bond acceptors (Lipinski definition) is 2. The van der Waals surface area contributed by atoms with Gasteiger partial charge in [-0.05, 0) is 19.5 Å². The van der Waals surface area contributed by atoms with Crippen molar-refractivity contribution in [1.29, 1.82) is 0 Å². The molecule has 0 aliphatic rings. The second-order valence-corrected chi connectivity index (χ2v) is 3.89. The van der Waals surface area contributed by atoms with E-state index in [-0.39, 0.29) is 6.04 Å². The monoisotopic (exact) mass is 215 g/mol. The lowest BCUT2D eigenvalue weighted by molar-refractivity contribution is 0.577. The van der Waals surface area contributed by atoms with E-state index >= 15 is 0 Å². The fourth-order valence-electron chi connectivity index (χ4n) is 2.03. The summed E-state index contributed by atoms with van der Waals surface area (Å²) in [7, 11) is 3.93. The predicted octanol–water partition coefficient (Wildman–Crippen LogP) is 2.41. The summed E-state index contributed by atoms with van der Waals surface area (Å²) in [5.41, 5.74) is 2.27. The normalized spacial score (nSPS) is 12.9. The highest BCUT2D eigenvalue weighted by Gasteiger charge is 2.15. The Kier molecular flexibility index (Phi) is 3.06. The molecule has 2 rings (SSSR count). The third kappa shape index (κ3) is 1.74. The molecule has 0 bridgehead atoms. The molecule has 0 fully saturated rings. The highest BCUT2D eigenvalue weighted by atomic mass is 15.3. The molecule has 0 radical (unpaired) electrons. The SMILES string of the molecule is C=CCC(NC)c1nn(C)c2ccccc12. The number of para-hydroxylation sites is 1. The molecule has 16 heavy (non-hydrogen) atoms. The molecular weight excluding hydrogens is 198 g/mol. The van der Waals surface area contributed by atoms with Gasteiger partial charge in [0.2, 0.25) is 0 Å². The smallest absolute Gasteiger partial charge is 0.0875 e. The van der Waals surface area contributed by atoms with Gasteiger partial charge in [0.25, 0.3) is 0 Å². The maximum Gasteiger partial charge on any atom is 0.0875 e. The molecule has 3 heteroatoms. The summed E-state index contributed by atoms with van der Waals surface area (Å²) in [4.78, 5) is 0. The van der Waals surface area contributed by atoms with E-state index in [0.29, 0.717) is 0 Å². The van der Waals surface area contributed by atoms with Gasteiger partial charge in [-0.1, -0.05) is 24.3 Å². The Morgan fingerprint density at radius 2 is 2.25 bits per heavy atom. The van der Waals surface area contributed by atoms with Crippen LogP contribution in [0.2, 0.25) is 0 Å². The average molecular weight is 215 g/mol. The van der Waals surface area contributed by atoms with Gasteiger partial charge in [-0.3, -0.25) is 4.68 Å². The fraction of sp³-hybridized carbons (Fsp3) is 0.308. The molecule has 1 aromatic carbocycles. The summed E-state index contributed by atoms with van der Waals surface area (Å²) in [6.07, 6.45) is 2.81. The molecule has 0 saturated heterocycles. The molecule has 0 aliphatic heterocycles. The highest BCUT2D eigenvalue weighted by molar-refractivity contribution is 5.82. The van der Waals surface area contributed by atoms with Crippen LogP contribution in [0.25, 0.3) is 10.9 Å². The molecule has 1 heterocycles. The van der Waals surface area contributed by atoms with Crippen molar-refractivity contribution in [3.8, 4) is 0 Å². The van der Waals surface area contributed by atoms with E-state index in [4.69, 9.17) is 0 Å². The van der Waals surface area contributed by atoms with Gasteiger partial charge >= 0.3 is 0 Å². The van der Waals surface area contributed by atoms with Gasteiger partial charge in [0.15, 0.2) is 0 Å². The molecule has 0 spiro atoms. The van der Waals surface area contributed by atoms with Crippen LogP contribution in [-0.2, 0) is 7.05 Å². The van der Waals surface area contributed by atoms with Gasteiger partial charge in [0.05, 0.1) is 17.3 Å². The van der Waals surface area contributed by atoms with Crippen molar-refractivity contribution < 1.29 is 0 Å². The minimum Gasteiger partial charge on any atom is -0.311 e. The van der Waals surface area contributed by atoms with Gasteiger partial charge in [-0.15, -0.1) is 6.58 Å². The molecule has 0 saturated carbocycles. The summed E-state index contributed by atoms with van der Waals surface area (Å²) in [5.74, 6) is 0. The number of nitrogens with zero attached hydrogens (tertiary/aromatic N) is 2. The predicted molar refractivity (Wildman–Crippen MR) is 67.3 cm³/mol. The number of benzene rings is 1. The molecule has 1 aromatic heterocycles.